The number of anilines is 1. The van der Waals surface area contributed by atoms with Gasteiger partial charge in [0.15, 0.2) is 5.96 Å². The summed E-state index contributed by atoms with van der Waals surface area (Å²) in [6.07, 6.45) is 3.81. The lowest BCUT2D eigenvalue weighted by molar-refractivity contribution is 0.648. The zero-order chi connectivity index (χ0) is 17.5. The molecular formula is C18H25ClIN5S. The van der Waals surface area contributed by atoms with Gasteiger partial charge in [-0.25, -0.2) is 4.98 Å². The second-order valence-corrected chi connectivity index (χ2v) is 7.21. The Balaban J connectivity index is 0.00000243. The number of hydrogen-bond acceptors (Lipinski definition) is 4. The maximum absolute atomic E-state index is 6.27. The van der Waals surface area contributed by atoms with Crippen molar-refractivity contribution in [1.29, 1.82) is 0 Å². The molecule has 8 heteroatoms. The van der Waals surface area contributed by atoms with Gasteiger partial charge in [0, 0.05) is 38.4 Å². The molecule has 2 aromatic heterocycles. The average molecular weight is 506 g/mol. The van der Waals surface area contributed by atoms with Crippen LogP contribution in [0.2, 0.25) is 5.02 Å². The van der Waals surface area contributed by atoms with E-state index in [9.17, 15) is 0 Å². The van der Waals surface area contributed by atoms with Gasteiger partial charge in [0.1, 0.15) is 5.82 Å². The maximum Gasteiger partial charge on any atom is 0.191 e. The number of aliphatic imine (C=N–C) groups is 1. The first-order chi connectivity index (χ1) is 12.3. The second-order valence-electron chi connectivity index (χ2n) is 6.03. The SMILES string of the molecule is CCNC(=NCCc1ccsc1)NC1CCN(c2ncccc2Cl)C1.I. The highest BCUT2D eigenvalue weighted by atomic mass is 127. The van der Waals surface area contributed by atoms with Crippen molar-refractivity contribution < 1.29 is 0 Å². The molecule has 1 atom stereocenters. The predicted molar refractivity (Wildman–Crippen MR) is 122 cm³/mol. The second kappa shape index (κ2) is 10.9. The monoisotopic (exact) mass is 505 g/mol. The quantitative estimate of drug-likeness (QED) is 0.356. The first kappa shape index (κ1) is 21.2. The van der Waals surface area contributed by atoms with Gasteiger partial charge in [-0.1, -0.05) is 11.6 Å². The van der Waals surface area contributed by atoms with E-state index in [1.54, 1.807) is 17.5 Å². The highest BCUT2D eigenvalue weighted by Crippen LogP contribution is 2.25. The summed E-state index contributed by atoms with van der Waals surface area (Å²) in [5, 5.41) is 11.9. The topological polar surface area (TPSA) is 52.6 Å². The summed E-state index contributed by atoms with van der Waals surface area (Å²) < 4.78 is 0. The van der Waals surface area contributed by atoms with Crippen molar-refractivity contribution in [2.75, 3.05) is 31.1 Å². The summed E-state index contributed by atoms with van der Waals surface area (Å²) in [5.74, 6) is 1.75. The molecule has 1 aliphatic heterocycles. The Kier molecular flexibility index (Phi) is 8.94. The van der Waals surface area contributed by atoms with Crippen molar-refractivity contribution in [2.45, 2.75) is 25.8 Å². The van der Waals surface area contributed by atoms with E-state index in [2.05, 4.69) is 44.3 Å². The molecule has 2 aromatic rings. The standard InChI is InChI=1S/C18H24ClN5S.HI/c1-2-20-18(22-9-5-14-7-11-25-13-14)23-15-6-10-24(12-15)17-16(19)4-3-8-21-17;/h3-4,7-8,11,13,15H,2,5-6,9-10,12H2,1H3,(H2,20,22,23);1H. The number of halogens is 2. The average Bonchev–Trinajstić information content (AvgIpc) is 3.27. The molecule has 1 saturated heterocycles. The number of aromatic nitrogens is 1. The number of pyridine rings is 1. The van der Waals surface area contributed by atoms with Gasteiger partial charge in [0.25, 0.3) is 0 Å². The number of nitrogens with zero attached hydrogens (tertiary/aromatic N) is 3. The molecule has 0 bridgehead atoms. The Morgan fingerprint density at radius 2 is 2.35 bits per heavy atom. The Hall–Kier alpha value is -1.06. The largest absolute Gasteiger partial charge is 0.357 e. The molecule has 0 amide bonds. The van der Waals surface area contributed by atoms with Crippen LogP contribution >= 0.6 is 46.9 Å². The molecular weight excluding hydrogens is 481 g/mol. The summed E-state index contributed by atoms with van der Waals surface area (Å²) in [5.41, 5.74) is 1.35. The van der Waals surface area contributed by atoms with Crippen LogP contribution in [0, 0.1) is 0 Å². The van der Waals surface area contributed by atoms with E-state index in [4.69, 9.17) is 16.6 Å². The third kappa shape index (κ3) is 5.99. The van der Waals surface area contributed by atoms with E-state index in [1.807, 2.05) is 12.1 Å². The molecule has 0 radical (unpaired) electrons. The fourth-order valence-electron chi connectivity index (χ4n) is 2.93. The number of rotatable bonds is 6. The van der Waals surface area contributed by atoms with Gasteiger partial charge in [-0.05, 0) is 54.3 Å². The zero-order valence-electron chi connectivity index (χ0n) is 14.8. The smallest absolute Gasteiger partial charge is 0.191 e. The summed E-state index contributed by atoms with van der Waals surface area (Å²) in [4.78, 5) is 11.3. The van der Waals surface area contributed by atoms with Crippen LogP contribution in [0.25, 0.3) is 0 Å². The number of guanidine groups is 1. The molecule has 3 rings (SSSR count). The van der Waals surface area contributed by atoms with Gasteiger partial charge in [0.05, 0.1) is 5.02 Å². The molecule has 2 N–H and O–H groups in total. The Bertz CT molecular complexity index is 695. The first-order valence-corrected chi connectivity index (χ1v) is 9.99. The minimum absolute atomic E-state index is 0. The minimum Gasteiger partial charge on any atom is -0.357 e. The van der Waals surface area contributed by atoms with Crippen molar-refractivity contribution in [3.05, 3.63) is 45.7 Å². The molecule has 3 heterocycles. The van der Waals surface area contributed by atoms with E-state index >= 15 is 0 Å². The van der Waals surface area contributed by atoms with Gasteiger partial charge >= 0.3 is 0 Å². The van der Waals surface area contributed by atoms with Crippen molar-refractivity contribution in [1.82, 2.24) is 15.6 Å². The van der Waals surface area contributed by atoms with Crippen LogP contribution in [-0.4, -0.2) is 43.2 Å². The van der Waals surface area contributed by atoms with Crippen LogP contribution < -0.4 is 15.5 Å². The molecule has 0 spiro atoms. The molecule has 1 aliphatic rings. The maximum atomic E-state index is 6.27. The summed E-state index contributed by atoms with van der Waals surface area (Å²) in [6, 6.07) is 6.25. The molecule has 0 aliphatic carbocycles. The van der Waals surface area contributed by atoms with Crippen LogP contribution in [0.5, 0.6) is 0 Å². The van der Waals surface area contributed by atoms with Crippen LogP contribution in [0.15, 0.2) is 40.1 Å². The van der Waals surface area contributed by atoms with Crippen molar-refractivity contribution >= 4 is 58.7 Å². The van der Waals surface area contributed by atoms with E-state index in [1.165, 1.54) is 5.56 Å². The molecule has 1 fully saturated rings. The Morgan fingerprint density at radius 1 is 1.46 bits per heavy atom. The van der Waals surface area contributed by atoms with Gasteiger partial charge in [-0.3, -0.25) is 4.99 Å². The lowest BCUT2D eigenvalue weighted by Gasteiger charge is -2.20. The number of nitrogens with one attached hydrogen (secondary N) is 2. The Morgan fingerprint density at radius 3 is 3.08 bits per heavy atom. The normalized spacial score (nSPS) is 17.1. The van der Waals surface area contributed by atoms with Crippen LogP contribution in [0.1, 0.15) is 18.9 Å². The third-order valence-corrected chi connectivity index (χ3v) is 5.19. The lowest BCUT2D eigenvalue weighted by atomic mass is 10.2. The van der Waals surface area contributed by atoms with Crippen LogP contribution in [0.3, 0.4) is 0 Å². The summed E-state index contributed by atoms with van der Waals surface area (Å²) >= 11 is 8.00. The van der Waals surface area contributed by atoms with Gasteiger partial charge in [0.2, 0.25) is 0 Å². The summed E-state index contributed by atoms with van der Waals surface area (Å²) in [7, 11) is 0. The third-order valence-electron chi connectivity index (χ3n) is 4.16. The highest BCUT2D eigenvalue weighted by molar-refractivity contribution is 14.0. The van der Waals surface area contributed by atoms with Crippen LogP contribution in [-0.2, 0) is 6.42 Å². The predicted octanol–water partition coefficient (Wildman–Crippen LogP) is 3.79. The van der Waals surface area contributed by atoms with Crippen LogP contribution in [0.4, 0.5) is 5.82 Å². The number of hydrogen-bond donors (Lipinski definition) is 2. The molecule has 142 valence electrons. The van der Waals surface area contributed by atoms with E-state index in [-0.39, 0.29) is 24.0 Å². The van der Waals surface area contributed by atoms with Gasteiger partial charge in [-0.2, -0.15) is 11.3 Å². The molecule has 0 aromatic carbocycles. The minimum atomic E-state index is 0. The molecule has 1 unspecified atom stereocenters. The molecule has 26 heavy (non-hydrogen) atoms. The first-order valence-electron chi connectivity index (χ1n) is 8.67. The molecule has 5 nitrogen and oxygen atoms in total. The highest BCUT2D eigenvalue weighted by Gasteiger charge is 2.25. The van der Waals surface area contributed by atoms with Crippen molar-refractivity contribution in [3.63, 3.8) is 0 Å². The van der Waals surface area contributed by atoms with Crippen molar-refractivity contribution in [2.24, 2.45) is 4.99 Å². The van der Waals surface area contributed by atoms with E-state index in [0.29, 0.717) is 11.1 Å². The Labute approximate surface area is 181 Å². The van der Waals surface area contributed by atoms with Crippen molar-refractivity contribution in [3.8, 4) is 0 Å². The fourth-order valence-corrected chi connectivity index (χ4v) is 3.87. The van der Waals surface area contributed by atoms with E-state index in [0.717, 1.165) is 50.8 Å². The number of thiophene rings is 1. The van der Waals surface area contributed by atoms with Gasteiger partial charge < -0.3 is 15.5 Å². The van der Waals surface area contributed by atoms with E-state index < -0.39 is 0 Å². The fraction of sp³-hybridized carbons (Fsp3) is 0.444. The summed E-state index contributed by atoms with van der Waals surface area (Å²) in [6.45, 7) is 5.56. The zero-order valence-corrected chi connectivity index (χ0v) is 18.7. The lowest BCUT2D eigenvalue weighted by Crippen LogP contribution is -2.44. The molecule has 0 saturated carbocycles. The van der Waals surface area contributed by atoms with Gasteiger partial charge in [-0.15, -0.1) is 24.0 Å².